The van der Waals surface area contributed by atoms with Crippen molar-refractivity contribution in [1.29, 1.82) is 0 Å². The minimum Gasteiger partial charge on any atom is -0.375 e. The highest BCUT2D eigenvalue weighted by atomic mass is 32.2. The van der Waals surface area contributed by atoms with Crippen LogP contribution in [0.1, 0.15) is 11.1 Å². The van der Waals surface area contributed by atoms with E-state index in [1.54, 1.807) is 18.4 Å². The highest BCUT2D eigenvalue weighted by Crippen LogP contribution is 2.17. The number of aliphatic imine (C=N–C) groups is 1. The number of hydrogen-bond donors (Lipinski definition) is 1. The van der Waals surface area contributed by atoms with Crippen LogP contribution in [-0.4, -0.2) is 18.4 Å². The monoisotopic (exact) mass is 314 g/mol. The molecule has 0 aromatic heterocycles. The quantitative estimate of drug-likeness (QED) is 0.513. The Bertz CT molecular complexity index is 678. The molecule has 2 aromatic rings. The van der Waals surface area contributed by atoms with Crippen LogP contribution in [0.25, 0.3) is 0 Å². The Labute approximate surface area is 132 Å². The van der Waals surface area contributed by atoms with E-state index in [4.69, 9.17) is 4.18 Å². The summed E-state index contributed by atoms with van der Waals surface area (Å²) in [6, 6.07) is 14.9. The minimum absolute atomic E-state index is 0.494. The highest BCUT2D eigenvalue weighted by Gasteiger charge is 2.03. The van der Waals surface area contributed by atoms with Crippen LogP contribution < -0.4 is 5.32 Å². The molecule has 0 aliphatic carbocycles. The lowest BCUT2D eigenvalue weighted by atomic mass is 10.0. The Morgan fingerprint density at radius 2 is 1.73 bits per heavy atom. The van der Waals surface area contributed by atoms with Gasteiger partial charge in [0.15, 0.2) is 0 Å². The van der Waals surface area contributed by atoms with E-state index in [2.05, 4.69) is 10.3 Å². The topological polar surface area (TPSA) is 67.8 Å². The first kappa shape index (κ1) is 15.8. The van der Waals surface area contributed by atoms with Gasteiger partial charge in [0.2, 0.25) is 6.08 Å². The summed E-state index contributed by atoms with van der Waals surface area (Å²) in [5.74, 6) is 0. The van der Waals surface area contributed by atoms with Crippen molar-refractivity contribution in [3.05, 3.63) is 59.7 Å². The standard InChI is InChI=1S/C16H14N2O3S/c1-22-21-16(20)18-15-8-4-13(5-9-15)10-12-2-6-14(7-3-12)17-11-19/h2-9H,10H2,1H3,(H,18,20). The van der Waals surface area contributed by atoms with Gasteiger partial charge in [0.05, 0.1) is 17.7 Å². The number of anilines is 1. The molecular formula is C16H14N2O3S. The molecule has 1 N–H and O–H groups in total. The summed E-state index contributed by atoms with van der Waals surface area (Å²) in [5, 5.41) is 2.62. The van der Waals surface area contributed by atoms with Crippen LogP contribution >= 0.6 is 12.0 Å². The predicted molar refractivity (Wildman–Crippen MR) is 87.1 cm³/mol. The number of hydrogen-bond acceptors (Lipinski definition) is 5. The average molecular weight is 314 g/mol. The van der Waals surface area contributed by atoms with Gasteiger partial charge in [-0.15, -0.1) is 0 Å². The van der Waals surface area contributed by atoms with Gasteiger partial charge in [-0.3, -0.25) is 5.32 Å². The second-order valence-electron chi connectivity index (χ2n) is 4.41. The molecule has 6 heteroatoms. The van der Waals surface area contributed by atoms with Crippen molar-refractivity contribution in [2.24, 2.45) is 4.99 Å². The SMILES string of the molecule is CSOC(=O)Nc1ccc(Cc2ccc(N=C=O)cc2)cc1. The van der Waals surface area contributed by atoms with Crippen molar-refractivity contribution in [3.63, 3.8) is 0 Å². The summed E-state index contributed by atoms with van der Waals surface area (Å²) in [4.78, 5) is 25.0. The third-order valence-corrected chi connectivity index (χ3v) is 3.20. The summed E-state index contributed by atoms with van der Waals surface area (Å²) in [6.07, 6.45) is 3.44. The zero-order valence-electron chi connectivity index (χ0n) is 11.9. The number of carbonyl (C=O) groups is 1. The molecule has 0 saturated heterocycles. The Kier molecular flexibility index (Phi) is 5.77. The number of rotatable bonds is 5. The van der Waals surface area contributed by atoms with Crippen LogP contribution in [0.3, 0.4) is 0 Å². The van der Waals surface area contributed by atoms with Gasteiger partial charge in [-0.25, -0.2) is 9.59 Å². The lowest BCUT2D eigenvalue weighted by molar-refractivity contribution is 0.223. The fourth-order valence-electron chi connectivity index (χ4n) is 1.90. The molecule has 2 aromatic carbocycles. The summed E-state index contributed by atoms with van der Waals surface area (Å²) in [7, 11) is 0. The molecule has 0 fully saturated rings. The lowest BCUT2D eigenvalue weighted by Crippen LogP contribution is -2.09. The van der Waals surface area contributed by atoms with Gasteiger partial charge < -0.3 is 4.18 Å². The normalized spacial score (nSPS) is 9.68. The molecule has 0 aliphatic rings. The first-order valence-corrected chi connectivity index (χ1v) is 7.63. The minimum atomic E-state index is -0.494. The van der Waals surface area contributed by atoms with Crippen molar-refractivity contribution in [2.45, 2.75) is 6.42 Å². The average Bonchev–Trinajstić information content (AvgIpc) is 2.52. The Hall–Kier alpha value is -2.56. The summed E-state index contributed by atoms with van der Waals surface area (Å²) in [5.41, 5.74) is 3.48. The van der Waals surface area contributed by atoms with E-state index in [0.717, 1.165) is 29.6 Å². The Morgan fingerprint density at radius 1 is 1.14 bits per heavy atom. The first-order chi connectivity index (χ1) is 10.7. The molecule has 0 unspecified atom stereocenters. The Balaban J connectivity index is 1.98. The first-order valence-electron chi connectivity index (χ1n) is 6.48. The van der Waals surface area contributed by atoms with E-state index in [1.165, 1.54) is 6.08 Å². The van der Waals surface area contributed by atoms with Gasteiger partial charge in [0.25, 0.3) is 0 Å². The van der Waals surface area contributed by atoms with E-state index < -0.39 is 6.09 Å². The number of nitrogens with one attached hydrogen (secondary N) is 1. The molecule has 0 saturated carbocycles. The Morgan fingerprint density at radius 3 is 2.27 bits per heavy atom. The maximum atomic E-state index is 11.3. The molecule has 0 bridgehead atoms. The second-order valence-corrected chi connectivity index (χ2v) is 4.91. The largest absolute Gasteiger partial charge is 0.423 e. The third-order valence-electron chi connectivity index (χ3n) is 2.88. The molecule has 112 valence electrons. The van der Waals surface area contributed by atoms with Crippen molar-refractivity contribution in [1.82, 2.24) is 0 Å². The van der Waals surface area contributed by atoms with Crippen molar-refractivity contribution >= 4 is 35.6 Å². The molecule has 0 aliphatic heterocycles. The molecule has 1 amide bonds. The number of benzene rings is 2. The number of amides is 1. The maximum absolute atomic E-state index is 11.3. The number of nitrogens with zero attached hydrogens (tertiary/aromatic N) is 1. The van der Waals surface area contributed by atoms with E-state index >= 15 is 0 Å². The van der Waals surface area contributed by atoms with E-state index in [9.17, 15) is 9.59 Å². The zero-order valence-corrected chi connectivity index (χ0v) is 12.7. The van der Waals surface area contributed by atoms with Gasteiger partial charge in [0, 0.05) is 11.9 Å². The summed E-state index contributed by atoms with van der Waals surface area (Å²) < 4.78 is 4.73. The van der Waals surface area contributed by atoms with Crippen LogP contribution in [0.15, 0.2) is 53.5 Å². The lowest BCUT2D eigenvalue weighted by Gasteiger charge is -2.06. The molecule has 0 radical (unpaired) electrons. The van der Waals surface area contributed by atoms with Crippen molar-refractivity contribution in [2.75, 3.05) is 11.6 Å². The van der Waals surface area contributed by atoms with E-state index in [0.29, 0.717) is 11.4 Å². The van der Waals surface area contributed by atoms with Crippen LogP contribution in [0.2, 0.25) is 0 Å². The van der Waals surface area contributed by atoms with Crippen LogP contribution in [0.4, 0.5) is 16.2 Å². The van der Waals surface area contributed by atoms with Crippen molar-refractivity contribution in [3.8, 4) is 0 Å². The molecular weight excluding hydrogens is 300 g/mol. The maximum Gasteiger partial charge on any atom is 0.423 e. The van der Waals surface area contributed by atoms with Gasteiger partial charge in [-0.2, -0.15) is 4.99 Å². The van der Waals surface area contributed by atoms with E-state index in [-0.39, 0.29) is 0 Å². The zero-order chi connectivity index (χ0) is 15.8. The molecule has 5 nitrogen and oxygen atoms in total. The van der Waals surface area contributed by atoms with Crippen LogP contribution in [-0.2, 0) is 15.4 Å². The molecule has 0 spiro atoms. The fraction of sp³-hybridized carbons (Fsp3) is 0.125. The molecule has 0 atom stereocenters. The van der Waals surface area contributed by atoms with Crippen molar-refractivity contribution < 1.29 is 13.8 Å². The molecule has 2 rings (SSSR count). The number of carbonyl (C=O) groups excluding carboxylic acids is 2. The highest BCUT2D eigenvalue weighted by molar-refractivity contribution is 7.94. The molecule has 0 heterocycles. The number of isocyanates is 1. The third kappa shape index (κ3) is 4.77. The summed E-state index contributed by atoms with van der Waals surface area (Å²) in [6.45, 7) is 0. The summed E-state index contributed by atoms with van der Waals surface area (Å²) >= 11 is 0.995. The van der Waals surface area contributed by atoms with Gasteiger partial charge in [0.1, 0.15) is 0 Å². The predicted octanol–water partition coefficient (Wildman–Crippen LogP) is 4.07. The van der Waals surface area contributed by atoms with Gasteiger partial charge in [-0.05, 0) is 41.8 Å². The van der Waals surface area contributed by atoms with Crippen LogP contribution in [0, 0.1) is 0 Å². The smallest absolute Gasteiger partial charge is 0.375 e. The van der Waals surface area contributed by atoms with Gasteiger partial charge >= 0.3 is 6.09 Å². The fourth-order valence-corrected chi connectivity index (χ4v) is 2.09. The molecule has 22 heavy (non-hydrogen) atoms. The van der Waals surface area contributed by atoms with Gasteiger partial charge in [-0.1, -0.05) is 24.3 Å². The van der Waals surface area contributed by atoms with Crippen LogP contribution in [0.5, 0.6) is 0 Å². The van der Waals surface area contributed by atoms with E-state index in [1.807, 2.05) is 36.4 Å². The second kappa shape index (κ2) is 8.02.